The number of carbonyl (C=O) groups excluding carboxylic acids is 2. The highest BCUT2D eigenvalue weighted by Crippen LogP contribution is 2.23. The average molecular weight is 393 g/mol. The first-order valence-electron chi connectivity index (χ1n) is 9.41. The molecule has 1 aliphatic rings. The van der Waals surface area contributed by atoms with Gasteiger partial charge in [-0.2, -0.15) is 0 Å². The van der Waals surface area contributed by atoms with Gasteiger partial charge in [-0.1, -0.05) is 18.2 Å². The molecule has 29 heavy (non-hydrogen) atoms. The molecule has 2 N–H and O–H groups in total. The van der Waals surface area contributed by atoms with Crippen molar-refractivity contribution in [2.45, 2.75) is 25.4 Å². The molecule has 2 amide bonds. The lowest BCUT2D eigenvalue weighted by molar-refractivity contribution is -0.121. The minimum absolute atomic E-state index is 0.0932. The van der Waals surface area contributed by atoms with E-state index in [0.29, 0.717) is 24.4 Å². The van der Waals surface area contributed by atoms with E-state index in [0.717, 1.165) is 17.8 Å². The highest BCUT2D eigenvalue weighted by atomic mass is 19.1. The van der Waals surface area contributed by atoms with Crippen molar-refractivity contribution in [3.63, 3.8) is 0 Å². The van der Waals surface area contributed by atoms with Crippen LogP contribution in [0.3, 0.4) is 0 Å². The SMILES string of the molecule is O=C(CNC(=O)c1ccccc1)N[C@H]1CCc2nnc(-c3ccc(F)cc3)n2C1. The molecule has 0 aliphatic carbocycles. The third kappa shape index (κ3) is 4.31. The summed E-state index contributed by atoms with van der Waals surface area (Å²) in [5.74, 6) is 0.640. The Labute approximate surface area is 167 Å². The van der Waals surface area contributed by atoms with Gasteiger partial charge in [-0.3, -0.25) is 9.59 Å². The molecule has 4 rings (SSSR count). The molecular weight excluding hydrogens is 373 g/mol. The van der Waals surface area contributed by atoms with Crippen LogP contribution in [-0.2, 0) is 17.8 Å². The van der Waals surface area contributed by atoms with Crippen LogP contribution in [0.5, 0.6) is 0 Å². The molecule has 0 bridgehead atoms. The summed E-state index contributed by atoms with van der Waals surface area (Å²) in [5, 5.41) is 14.0. The van der Waals surface area contributed by atoms with Crippen LogP contribution in [-0.4, -0.2) is 39.2 Å². The van der Waals surface area contributed by atoms with Gasteiger partial charge in [-0.25, -0.2) is 4.39 Å². The van der Waals surface area contributed by atoms with Crippen molar-refractivity contribution in [1.82, 2.24) is 25.4 Å². The number of fused-ring (bicyclic) bond motifs is 1. The standard InChI is InChI=1S/C21H20FN5O2/c22-16-8-6-14(7-9-16)20-26-25-18-11-10-17(13-27(18)20)24-19(28)12-23-21(29)15-4-2-1-3-5-15/h1-9,17H,10-13H2,(H,23,29)(H,24,28)/t17-/m0/s1. The van der Waals surface area contributed by atoms with Gasteiger partial charge in [-0.05, 0) is 42.8 Å². The lowest BCUT2D eigenvalue weighted by Gasteiger charge is -2.25. The summed E-state index contributed by atoms with van der Waals surface area (Å²) in [6.07, 6.45) is 1.41. The third-order valence-electron chi connectivity index (χ3n) is 4.86. The Kier molecular flexibility index (Phi) is 5.33. The van der Waals surface area contributed by atoms with Crippen molar-refractivity contribution < 1.29 is 14.0 Å². The molecule has 2 heterocycles. The smallest absolute Gasteiger partial charge is 0.251 e. The number of aromatic nitrogens is 3. The van der Waals surface area contributed by atoms with E-state index < -0.39 is 0 Å². The van der Waals surface area contributed by atoms with Crippen LogP contribution < -0.4 is 10.6 Å². The van der Waals surface area contributed by atoms with Crippen molar-refractivity contribution >= 4 is 11.8 Å². The van der Waals surface area contributed by atoms with E-state index in [1.165, 1.54) is 12.1 Å². The van der Waals surface area contributed by atoms with Gasteiger partial charge >= 0.3 is 0 Å². The van der Waals surface area contributed by atoms with Crippen molar-refractivity contribution in [1.29, 1.82) is 0 Å². The molecule has 0 radical (unpaired) electrons. The molecule has 0 unspecified atom stereocenters. The second-order valence-corrected chi connectivity index (χ2v) is 6.91. The van der Waals surface area contributed by atoms with E-state index in [1.807, 2.05) is 10.6 Å². The number of nitrogens with zero attached hydrogens (tertiary/aromatic N) is 3. The first kappa shape index (κ1) is 18.8. The van der Waals surface area contributed by atoms with E-state index in [2.05, 4.69) is 20.8 Å². The monoisotopic (exact) mass is 393 g/mol. The molecule has 3 aromatic rings. The number of hydrogen-bond acceptors (Lipinski definition) is 4. The number of amides is 2. The van der Waals surface area contributed by atoms with Crippen molar-refractivity contribution in [3.05, 3.63) is 71.8 Å². The summed E-state index contributed by atoms with van der Waals surface area (Å²) in [6.45, 7) is 0.428. The fourth-order valence-electron chi connectivity index (χ4n) is 3.39. The van der Waals surface area contributed by atoms with E-state index in [4.69, 9.17) is 0 Å². The van der Waals surface area contributed by atoms with Crippen LogP contribution in [0.2, 0.25) is 0 Å². The van der Waals surface area contributed by atoms with E-state index >= 15 is 0 Å². The molecule has 0 spiro atoms. The number of nitrogens with one attached hydrogen (secondary N) is 2. The van der Waals surface area contributed by atoms with Crippen LogP contribution in [0.15, 0.2) is 54.6 Å². The molecule has 7 nitrogen and oxygen atoms in total. The number of benzene rings is 2. The van der Waals surface area contributed by atoms with Crippen LogP contribution >= 0.6 is 0 Å². The van der Waals surface area contributed by atoms with E-state index in [1.54, 1.807) is 36.4 Å². The van der Waals surface area contributed by atoms with Gasteiger partial charge in [0.05, 0.1) is 6.54 Å². The van der Waals surface area contributed by atoms with Crippen LogP contribution in [0.1, 0.15) is 22.6 Å². The summed E-state index contributed by atoms with van der Waals surface area (Å²) in [4.78, 5) is 24.3. The van der Waals surface area contributed by atoms with Crippen molar-refractivity contribution in [2.75, 3.05) is 6.54 Å². The van der Waals surface area contributed by atoms with E-state index in [-0.39, 0.29) is 30.2 Å². The van der Waals surface area contributed by atoms with Gasteiger partial charge in [0.25, 0.3) is 5.91 Å². The lowest BCUT2D eigenvalue weighted by atomic mass is 10.1. The molecular formula is C21H20FN5O2. The van der Waals surface area contributed by atoms with Gasteiger partial charge in [0.15, 0.2) is 5.82 Å². The maximum atomic E-state index is 13.2. The second-order valence-electron chi connectivity index (χ2n) is 6.91. The molecule has 2 aromatic carbocycles. The maximum Gasteiger partial charge on any atom is 0.251 e. The zero-order chi connectivity index (χ0) is 20.2. The Balaban J connectivity index is 1.36. The molecule has 0 saturated heterocycles. The summed E-state index contributed by atoms with van der Waals surface area (Å²) < 4.78 is 15.1. The summed E-state index contributed by atoms with van der Waals surface area (Å²) in [7, 11) is 0. The molecule has 148 valence electrons. The average Bonchev–Trinajstić information content (AvgIpc) is 3.16. The minimum atomic E-state index is -0.310. The molecule has 1 aliphatic heterocycles. The van der Waals surface area contributed by atoms with Crippen LogP contribution in [0.25, 0.3) is 11.4 Å². The second kappa shape index (κ2) is 8.22. The van der Waals surface area contributed by atoms with Gasteiger partial charge in [0.1, 0.15) is 11.6 Å². The quantitative estimate of drug-likeness (QED) is 0.693. The summed E-state index contributed by atoms with van der Waals surface area (Å²) in [6, 6.07) is 14.7. The number of aryl methyl sites for hydroxylation is 1. The number of hydrogen-bond donors (Lipinski definition) is 2. The lowest BCUT2D eigenvalue weighted by Crippen LogP contribution is -2.45. The Morgan fingerprint density at radius 1 is 1.07 bits per heavy atom. The normalized spacial score (nSPS) is 15.4. The first-order valence-corrected chi connectivity index (χ1v) is 9.41. The first-order chi connectivity index (χ1) is 14.1. The number of halogens is 1. The van der Waals surface area contributed by atoms with Gasteiger partial charge < -0.3 is 15.2 Å². The van der Waals surface area contributed by atoms with Crippen molar-refractivity contribution in [2.24, 2.45) is 0 Å². The van der Waals surface area contributed by atoms with Gasteiger partial charge in [0.2, 0.25) is 5.91 Å². The third-order valence-corrected chi connectivity index (χ3v) is 4.86. The minimum Gasteiger partial charge on any atom is -0.350 e. The fourth-order valence-corrected chi connectivity index (χ4v) is 3.39. The largest absolute Gasteiger partial charge is 0.350 e. The van der Waals surface area contributed by atoms with Crippen LogP contribution in [0.4, 0.5) is 4.39 Å². The molecule has 1 aromatic heterocycles. The van der Waals surface area contributed by atoms with Crippen LogP contribution in [0, 0.1) is 5.82 Å². The Morgan fingerprint density at radius 2 is 1.83 bits per heavy atom. The summed E-state index contributed by atoms with van der Waals surface area (Å²) >= 11 is 0. The predicted octanol–water partition coefficient (Wildman–Crippen LogP) is 1.95. The number of carbonyl (C=O) groups is 2. The Morgan fingerprint density at radius 3 is 2.59 bits per heavy atom. The Bertz CT molecular complexity index is 1020. The highest BCUT2D eigenvalue weighted by Gasteiger charge is 2.24. The highest BCUT2D eigenvalue weighted by molar-refractivity contribution is 5.96. The zero-order valence-corrected chi connectivity index (χ0v) is 15.6. The zero-order valence-electron chi connectivity index (χ0n) is 15.6. The van der Waals surface area contributed by atoms with Gasteiger partial charge in [0, 0.05) is 30.1 Å². The topological polar surface area (TPSA) is 88.9 Å². The fraction of sp³-hybridized carbons (Fsp3) is 0.238. The molecule has 0 fully saturated rings. The van der Waals surface area contributed by atoms with E-state index in [9.17, 15) is 14.0 Å². The Hall–Kier alpha value is -3.55. The van der Waals surface area contributed by atoms with Gasteiger partial charge in [-0.15, -0.1) is 10.2 Å². The summed E-state index contributed by atoms with van der Waals surface area (Å²) in [5.41, 5.74) is 1.28. The molecule has 8 heteroatoms. The molecule has 0 saturated carbocycles. The number of rotatable bonds is 5. The van der Waals surface area contributed by atoms with Crippen molar-refractivity contribution in [3.8, 4) is 11.4 Å². The maximum absolute atomic E-state index is 13.2. The molecule has 1 atom stereocenters. The predicted molar refractivity (Wildman–Crippen MR) is 104 cm³/mol.